The number of sulfonamides is 1. The topological polar surface area (TPSA) is 113 Å². The van der Waals surface area contributed by atoms with Crippen molar-refractivity contribution in [1.29, 1.82) is 0 Å². The summed E-state index contributed by atoms with van der Waals surface area (Å²) in [6.45, 7) is 6.34. The van der Waals surface area contributed by atoms with Crippen LogP contribution in [0.15, 0.2) is 47.4 Å². The number of aryl methyl sites for hydroxylation is 2. The molecular weight excluding hydrogens is 461 g/mol. The van der Waals surface area contributed by atoms with Crippen LogP contribution in [0.2, 0.25) is 0 Å². The lowest BCUT2D eigenvalue weighted by molar-refractivity contribution is -0.192. The molecule has 1 aliphatic rings. The number of hydrogen-bond acceptors (Lipinski definition) is 4. The Morgan fingerprint density at radius 3 is 2.00 bits per heavy atom. The summed E-state index contributed by atoms with van der Waals surface area (Å²) in [5, 5.41) is 10.0. The average Bonchev–Trinajstić information content (AvgIpc) is 3.52. The number of rotatable bonds is 6. The molecule has 33 heavy (non-hydrogen) atoms. The van der Waals surface area contributed by atoms with Crippen molar-refractivity contribution in [3.8, 4) is 0 Å². The van der Waals surface area contributed by atoms with Gasteiger partial charge in [-0.3, -0.25) is 9.52 Å². The maximum atomic E-state index is 12.6. The zero-order valence-corrected chi connectivity index (χ0v) is 19.1. The van der Waals surface area contributed by atoms with Gasteiger partial charge in [0.2, 0.25) is 5.91 Å². The Morgan fingerprint density at radius 2 is 1.58 bits per heavy atom. The smallest absolute Gasteiger partial charge is 0.475 e. The van der Waals surface area contributed by atoms with Gasteiger partial charge >= 0.3 is 12.1 Å². The molecule has 7 nitrogen and oxygen atoms in total. The number of carbonyl (C=O) groups is 2. The van der Waals surface area contributed by atoms with Crippen LogP contribution in [0.25, 0.3) is 0 Å². The molecule has 1 fully saturated rings. The minimum atomic E-state index is -5.08. The van der Waals surface area contributed by atoms with Gasteiger partial charge in [0, 0.05) is 12.2 Å². The molecule has 3 rings (SSSR count). The van der Waals surface area contributed by atoms with E-state index in [2.05, 4.69) is 10.0 Å². The summed E-state index contributed by atoms with van der Waals surface area (Å²) < 4.78 is 59.5. The number of hydrogen-bond donors (Lipinski definition) is 3. The molecule has 0 heterocycles. The third-order valence-corrected chi connectivity index (χ3v) is 6.62. The first kappa shape index (κ1) is 26.2. The van der Waals surface area contributed by atoms with Crippen molar-refractivity contribution in [2.24, 2.45) is 0 Å². The molecule has 0 spiro atoms. The van der Waals surface area contributed by atoms with Gasteiger partial charge < -0.3 is 10.4 Å². The molecule has 0 atom stereocenters. The summed E-state index contributed by atoms with van der Waals surface area (Å²) in [6.07, 6.45) is -3.43. The molecule has 0 bridgehead atoms. The van der Waals surface area contributed by atoms with Gasteiger partial charge in [-0.15, -0.1) is 0 Å². The third-order valence-electron chi connectivity index (χ3n) is 5.24. The highest BCUT2D eigenvalue weighted by molar-refractivity contribution is 7.92. The number of halogens is 3. The second-order valence-electron chi connectivity index (χ2n) is 7.67. The third kappa shape index (κ3) is 6.47. The van der Waals surface area contributed by atoms with E-state index < -0.39 is 27.6 Å². The zero-order valence-electron chi connectivity index (χ0n) is 18.3. The monoisotopic (exact) mass is 486 g/mol. The van der Waals surface area contributed by atoms with Crippen LogP contribution in [-0.2, 0) is 25.0 Å². The van der Waals surface area contributed by atoms with Gasteiger partial charge in [-0.2, -0.15) is 13.2 Å². The normalized spacial score (nSPS) is 14.5. The number of nitrogens with one attached hydrogen (secondary N) is 2. The molecule has 1 amide bonds. The second-order valence-corrected chi connectivity index (χ2v) is 9.36. The summed E-state index contributed by atoms with van der Waals surface area (Å²) >= 11 is 0. The number of carbonyl (C=O) groups excluding carboxylic acids is 1. The SMILES string of the molecule is CCNC(=O)C1(c2ccc(NS(=O)(=O)c3ccc(C)c(C)c3)cc2)CC1.O=C(O)C(F)(F)F. The van der Waals surface area contributed by atoms with Gasteiger partial charge in [-0.05, 0) is 74.6 Å². The Morgan fingerprint density at radius 1 is 1.03 bits per heavy atom. The first-order valence-electron chi connectivity index (χ1n) is 10.0. The van der Waals surface area contributed by atoms with E-state index in [1.165, 1.54) is 0 Å². The van der Waals surface area contributed by atoms with Crippen molar-refractivity contribution in [2.45, 2.75) is 50.1 Å². The van der Waals surface area contributed by atoms with Crippen LogP contribution in [0.1, 0.15) is 36.5 Å². The molecule has 2 aromatic carbocycles. The Bertz CT molecular complexity index is 1130. The van der Waals surface area contributed by atoms with Crippen molar-refractivity contribution in [2.75, 3.05) is 11.3 Å². The van der Waals surface area contributed by atoms with Crippen molar-refractivity contribution in [1.82, 2.24) is 5.32 Å². The lowest BCUT2D eigenvalue weighted by Crippen LogP contribution is -2.34. The fraction of sp³-hybridized carbons (Fsp3) is 0.364. The van der Waals surface area contributed by atoms with Gasteiger partial charge in [0.15, 0.2) is 0 Å². The lowest BCUT2D eigenvalue weighted by atomic mass is 9.95. The minimum absolute atomic E-state index is 0.0449. The number of aliphatic carboxylic acids is 1. The fourth-order valence-corrected chi connectivity index (χ4v) is 4.20. The van der Waals surface area contributed by atoms with E-state index in [1.54, 1.807) is 30.3 Å². The molecule has 0 aliphatic heterocycles. The van der Waals surface area contributed by atoms with Crippen LogP contribution in [0.4, 0.5) is 18.9 Å². The van der Waals surface area contributed by atoms with Crippen LogP contribution < -0.4 is 10.0 Å². The first-order chi connectivity index (χ1) is 15.2. The van der Waals surface area contributed by atoms with Crippen LogP contribution in [-0.4, -0.2) is 38.1 Å². The Labute approximate surface area is 190 Å². The van der Waals surface area contributed by atoms with Gasteiger partial charge in [-0.1, -0.05) is 18.2 Å². The van der Waals surface area contributed by atoms with E-state index in [0.717, 1.165) is 29.5 Å². The number of alkyl halides is 3. The summed E-state index contributed by atoms with van der Waals surface area (Å²) in [4.78, 5) is 21.4. The quantitative estimate of drug-likeness (QED) is 0.573. The fourth-order valence-electron chi connectivity index (χ4n) is 3.05. The van der Waals surface area contributed by atoms with Crippen LogP contribution >= 0.6 is 0 Å². The van der Waals surface area contributed by atoms with Crippen molar-refractivity contribution >= 4 is 27.6 Å². The average molecular weight is 487 g/mol. The molecular formula is C22H25F3N2O5S. The molecule has 180 valence electrons. The molecule has 0 unspecified atom stereocenters. The molecule has 0 radical (unpaired) electrons. The van der Waals surface area contributed by atoms with E-state index in [0.29, 0.717) is 12.2 Å². The van der Waals surface area contributed by atoms with Crippen molar-refractivity contribution in [3.63, 3.8) is 0 Å². The van der Waals surface area contributed by atoms with Gasteiger partial charge in [0.25, 0.3) is 10.0 Å². The maximum Gasteiger partial charge on any atom is 0.490 e. The molecule has 3 N–H and O–H groups in total. The van der Waals surface area contributed by atoms with E-state index >= 15 is 0 Å². The first-order valence-corrected chi connectivity index (χ1v) is 11.5. The number of benzene rings is 2. The predicted octanol–water partition coefficient (Wildman–Crippen LogP) is 3.91. The molecule has 1 aliphatic carbocycles. The number of amides is 1. The van der Waals surface area contributed by atoms with Crippen LogP contribution in [0.3, 0.4) is 0 Å². The van der Waals surface area contributed by atoms with Gasteiger partial charge in [0.05, 0.1) is 10.3 Å². The summed E-state index contributed by atoms with van der Waals surface area (Å²) in [5.41, 5.74) is 2.95. The maximum absolute atomic E-state index is 12.6. The number of carboxylic acid groups (broad SMARTS) is 1. The molecule has 0 aromatic heterocycles. The Balaban J connectivity index is 0.000000479. The molecule has 1 saturated carbocycles. The minimum Gasteiger partial charge on any atom is -0.475 e. The number of carboxylic acids is 1. The predicted molar refractivity (Wildman–Crippen MR) is 116 cm³/mol. The van der Waals surface area contributed by atoms with E-state index in [4.69, 9.17) is 9.90 Å². The lowest BCUT2D eigenvalue weighted by Gasteiger charge is -2.16. The highest BCUT2D eigenvalue weighted by Gasteiger charge is 2.50. The van der Waals surface area contributed by atoms with Crippen LogP contribution in [0.5, 0.6) is 0 Å². The molecule has 11 heteroatoms. The largest absolute Gasteiger partial charge is 0.490 e. The Hall–Kier alpha value is -3.08. The van der Waals surface area contributed by atoms with E-state index in [9.17, 15) is 26.4 Å². The standard InChI is InChI=1S/C20H24N2O3S.C2HF3O2/c1-4-21-19(23)20(11-12-20)16-6-8-17(9-7-16)22-26(24,25)18-10-5-14(2)15(3)13-18;3-2(4,5)1(6)7/h5-10,13,22H,4,11-12H2,1-3H3,(H,21,23);(H,6,7). The molecule has 2 aromatic rings. The summed E-state index contributed by atoms with van der Waals surface area (Å²) in [7, 11) is -3.64. The zero-order chi connectivity index (χ0) is 25.0. The summed E-state index contributed by atoms with van der Waals surface area (Å²) in [6, 6.07) is 12.2. The summed E-state index contributed by atoms with van der Waals surface area (Å²) in [5.74, 6) is -2.71. The van der Waals surface area contributed by atoms with Crippen LogP contribution in [0, 0.1) is 13.8 Å². The highest BCUT2D eigenvalue weighted by atomic mass is 32.2. The number of likely N-dealkylation sites (N-methyl/N-ethyl adjacent to an activating group) is 1. The van der Waals surface area contributed by atoms with Gasteiger partial charge in [0.1, 0.15) is 0 Å². The number of anilines is 1. The van der Waals surface area contributed by atoms with E-state index in [1.807, 2.05) is 32.9 Å². The van der Waals surface area contributed by atoms with Gasteiger partial charge in [-0.25, -0.2) is 13.2 Å². The molecule has 0 saturated heterocycles. The second kappa shape index (κ2) is 9.82. The van der Waals surface area contributed by atoms with Crippen molar-refractivity contribution in [3.05, 3.63) is 59.2 Å². The highest BCUT2D eigenvalue weighted by Crippen LogP contribution is 2.48. The Kier molecular flexibility index (Phi) is 7.79. The van der Waals surface area contributed by atoms with E-state index in [-0.39, 0.29) is 10.8 Å². The van der Waals surface area contributed by atoms with Crippen molar-refractivity contribution < 1.29 is 36.3 Å².